The highest BCUT2D eigenvalue weighted by molar-refractivity contribution is 7.89. The molecule has 0 aliphatic carbocycles. The number of nitrogens with one attached hydrogen (secondary N) is 2. The van der Waals surface area contributed by atoms with Crippen LogP contribution in [-0.2, 0) is 21.3 Å². The van der Waals surface area contributed by atoms with E-state index >= 15 is 0 Å². The number of carbonyl (C=O) groups excluding carboxylic acids is 1. The first-order valence-corrected chi connectivity index (χ1v) is 16.7. The Bertz CT molecular complexity index is 1930. The van der Waals surface area contributed by atoms with E-state index in [0.717, 1.165) is 36.7 Å². The van der Waals surface area contributed by atoms with E-state index < -0.39 is 21.8 Å². The number of halogens is 1. The molecule has 0 spiro atoms. The predicted octanol–water partition coefficient (Wildman–Crippen LogP) is 5.22. The molecule has 3 heterocycles. The van der Waals surface area contributed by atoms with Gasteiger partial charge in [0.05, 0.1) is 17.7 Å². The fourth-order valence-electron chi connectivity index (χ4n) is 5.81. The molecule has 0 unspecified atom stereocenters. The smallest absolute Gasteiger partial charge is 0.355 e. The number of hydrogen-bond donors (Lipinski definition) is 2. The number of aromatic nitrogens is 4. The maximum Gasteiger partial charge on any atom is 0.355 e. The van der Waals surface area contributed by atoms with Crippen LogP contribution in [0.5, 0.6) is 0 Å². The van der Waals surface area contributed by atoms with Crippen molar-refractivity contribution in [1.82, 2.24) is 29.6 Å². The molecular formula is C33H37FN6O4S. The molecule has 1 fully saturated rings. The van der Waals surface area contributed by atoms with Crippen molar-refractivity contribution >= 4 is 37.7 Å². The van der Waals surface area contributed by atoms with E-state index in [1.165, 1.54) is 12.1 Å². The number of hydrogen-bond acceptors (Lipinski definition) is 7. The van der Waals surface area contributed by atoms with Gasteiger partial charge in [-0.2, -0.15) is 0 Å². The largest absolute Gasteiger partial charge is 0.461 e. The van der Waals surface area contributed by atoms with Crippen LogP contribution in [0.2, 0.25) is 0 Å². The number of carbonyl (C=O) groups is 1. The molecule has 6 rings (SSSR count). The summed E-state index contributed by atoms with van der Waals surface area (Å²) in [6.45, 7) is 7.48. The van der Waals surface area contributed by atoms with Crippen LogP contribution < -0.4 is 4.72 Å². The molecule has 2 aromatic heterocycles. The minimum atomic E-state index is -3.60. The van der Waals surface area contributed by atoms with E-state index in [9.17, 15) is 17.6 Å². The fraction of sp³-hybridized carbons (Fsp3) is 0.364. The Kier molecular flexibility index (Phi) is 8.97. The summed E-state index contributed by atoms with van der Waals surface area (Å²) in [5.74, 6) is -0.394. The van der Waals surface area contributed by atoms with Gasteiger partial charge in [0.2, 0.25) is 10.0 Å². The third-order valence-electron chi connectivity index (χ3n) is 8.21. The number of likely N-dealkylation sites (tertiary alicyclic amines) is 1. The first-order chi connectivity index (χ1) is 21.7. The van der Waals surface area contributed by atoms with Gasteiger partial charge in [-0.1, -0.05) is 49.4 Å². The zero-order valence-electron chi connectivity index (χ0n) is 25.4. The van der Waals surface area contributed by atoms with Gasteiger partial charge < -0.3 is 14.6 Å². The molecule has 12 heteroatoms. The van der Waals surface area contributed by atoms with Crippen LogP contribution in [0, 0.1) is 17.7 Å². The molecule has 0 amide bonds. The summed E-state index contributed by atoms with van der Waals surface area (Å²) in [6.07, 6.45) is 3.65. The monoisotopic (exact) mass is 632 g/mol. The molecule has 2 N–H and O–H groups in total. The number of piperidine rings is 1. The second kappa shape index (κ2) is 13.1. The minimum absolute atomic E-state index is 0.172. The van der Waals surface area contributed by atoms with Crippen molar-refractivity contribution in [2.24, 2.45) is 11.8 Å². The maximum atomic E-state index is 14.2. The maximum absolute atomic E-state index is 14.2. The molecule has 0 radical (unpaired) electrons. The average molecular weight is 633 g/mol. The van der Waals surface area contributed by atoms with Gasteiger partial charge >= 0.3 is 5.97 Å². The van der Waals surface area contributed by atoms with Crippen LogP contribution in [0.15, 0.2) is 71.8 Å². The molecule has 0 bridgehead atoms. The van der Waals surface area contributed by atoms with Crippen molar-refractivity contribution in [3.05, 3.63) is 78.4 Å². The number of benzene rings is 3. The number of aromatic amines is 1. The average Bonchev–Trinajstić information content (AvgIpc) is 3.64. The van der Waals surface area contributed by atoms with Crippen molar-refractivity contribution < 1.29 is 22.3 Å². The summed E-state index contributed by atoms with van der Waals surface area (Å²) in [6, 6.07) is 17.2. The van der Waals surface area contributed by atoms with Crippen LogP contribution in [-0.4, -0.2) is 72.1 Å². The van der Waals surface area contributed by atoms with Gasteiger partial charge in [0.25, 0.3) is 0 Å². The van der Waals surface area contributed by atoms with E-state index in [-0.39, 0.29) is 23.1 Å². The van der Waals surface area contributed by atoms with Gasteiger partial charge in [-0.25, -0.2) is 22.3 Å². The van der Waals surface area contributed by atoms with Crippen molar-refractivity contribution in [2.75, 3.05) is 32.8 Å². The van der Waals surface area contributed by atoms with Crippen LogP contribution in [0.1, 0.15) is 37.2 Å². The number of nitrogens with zero attached hydrogens (tertiary/aromatic N) is 4. The molecule has 3 aromatic carbocycles. The van der Waals surface area contributed by atoms with Crippen molar-refractivity contribution in [2.45, 2.75) is 38.1 Å². The van der Waals surface area contributed by atoms with Crippen molar-refractivity contribution in [3.8, 4) is 11.3 Å². The van der Waals surface area contributed by atoms with E-state index in [1.807, 2.05) is 44.2 Å². The normalized spacial score (nSPS) is 14.9. The molecule has 45 heavy (non-hydrogen) atoms. The molecule has 1 aliphatic rings. The van der Waals surface area contributed by atoms with Crippen LogP contribution >= 0.6 is 0 Å². The van der Waals surface area contributed by atoms with Gasteiger partial charge in [0.1, 0.15) is 17.2 Å². The highest BCUT2D eigenvalue weighted by Crippen LogP contribution is 2.33. The lowest BCUT2D eigenvalue weighted by Crippen LogP contribution is -2.40. The number of ether oxygens (including phenoxy) is 1. The summed E-state index contributed by atoms with van der Waals surface area (Å²) in [4.78, 5) is 18.6. The van der Waals surface area contributed by atoms with Gasteiger partial charge in [0.15, 0.2) is 0 Å². The lowest BCUT2D eigenvalue weighted by Gasteiger charge is -2.31. The Hall–Kier alpha value is -4.13. The summed E-state index contributed by atoms with van der Waals surface area (Å²) < 4.78 is 49.9. The molecular weight excluding hydrogens is 595 g/mol. The Morgan fingerprint density at radius 3 is 2.64 bits per heavy atom. The number of sulfonamides is 1. The lowest BCUT2D eigenvalue weighted by atomic mass is 9.97. The molecule has 0 atom stereocenters. The van der Waals surface area contributed by atoms with Gasteiger partial charge in [-0.05, 0) is 78.9 Å². The predicted molar refractivity (Wildman–Crippen MR) is 171 cm³/mol. The Labute approximate surface area is 261 Å². The second-order valence-corrected chi connectivity index (χ2v) is 13.8. The molecule has 236 valence electrons. The van der Waals surface area contributed by atoms with Gasteiger partial charge in [0, 0.05) is 36.1 Å². The van der Waals surface area contributed by atoms with Crippen LogP contribution in [0.25, 0.3) is 32.9 Å². The van der Waals surface area contributed by atoms with Gasteiger partial charge in [-0.3, -0.25) is 4.68 Å². The topological polar surface area (TPSA) is 122 Å². The first-order valence-electron chi connectivity index (χ1n) is 15.3. The molecule has 10 nitrogen and oxygen atoms in total. The van der Waals surface area contributed by atoms with E-state index in [0.29, 0.717) is 47.7 Å². The number of esters is 1. The van der Waals surface area contributed by atoms with E-state index in [1.54, 1.807) is 29.1 Å². The number of fused-ring (bicyclic) bond motifs is 2. The third-order valence-corrected chi connectivity index (χ3v) is 9.67. The number of rotatable bonds is 11. The van der Waals surface area contributed by atoms with Crippen LogP contribution in [0.4, 0.5) is 4.39 Å². The Balaban J connectivity index is 1.05. The SMILES string of the molecule is CC(C)COC(=O)c1[nH]c2ccc(F)cc2c1-c1cn(CC2CCN(CCNS(=O)(=O)c3ccc4ccccc4c3)CC2)nn1. The Morgan fingerprint density at radius 2 is 1.87 bits per heavy atom. The van der Waals surface area contributed by atoms with Crippen LogP contribution in [0.3, 0.4) is 0 Å². The number of H-pyrrole nitrogens is 1. The third kappa shape index (κ3) is 7.08. The fourth-order valence-corrected chi connectivity index (χ4v) is 6.87. The minimum Gasteiger partial charge on any atom is -0.461 e. The summed E-state index contributed by atoms with van der Waals surface area (Å²) >= 11 is 0. The Morgan fingerprint density at radius 1 is 1.09 bits per heavy atom. The quantitative estimate of drug-likeness (QED) is 0.192. The summed E-state index contributed by atoms with van der Waals surface area (Å²) in [7, 11) is -3.60. The highest BCUT2D eigenvalue weighted by atomic mass is 32.2. The van der Waals surface area contributed by atoms with E-state index in [2.05, 4.69) is 24.9 Å². The van der Waals surface area contributed by atoms with E-state index in [4.69, 9.17) is 4.74 Å². The second-order valence-electron chi connectivity index (χ2n) is 12.1. The van der Waals surface area contributed by atoms with Gasteiger partial charge in [-0.15, -0.1) is 5.10 Å². The highest BCUT2D eigenvalue weighted by Gasteiger charge is 2.25. The standard InChI is InChI=1S/C33H37FN6O4S/c1-22(2)21-44-33(41)32-31(28-18-26(34)8-10-29(28)36-32)30-20-40(38-37-30)19-23-11-14-39(15-12-23)16-13-35-45(42,43)27-9-7-24-5-3-4-6-25(24)17-27/h3-10,17-18,20,22-23,35-36H,11-16,19,21H2,1-2H3. The lowest BCUT2D eigenvalue weighted by molar-refractivity contribution is 0.0454. The van der Waals surface area contributed by atoms with Crippen molar-refractivity contribution in [3.63, 3.8) is 0 Å². The summed E-state index contributed by atoms with van der Waals surface area (Å²) in [5, 5.41) is 11.1. The molecule has 1 saturated heterocycles. The summed E-state index contributed by atoms with van der Waals surface area (Å²) in [5.41, 5.74) is 1.79. The zero-order valence-corrected chi connectivity index (χ0v) is 26.2. The first kappa shape index (κ1) is 30.9. The zero-order chi connectivity index (χ0) is 31.6. The molecule has 0 saturated carbocycles. The molecule has 1 aliphatic heterocycles. The van der Waals surface area contributed by atoms with Crippen molar-refractivity contribution in [1.29, 1.82) is 0 Å². The molecule has 5 aromatic rings.